The molecular formula is C13H19Cl2N5O. The Hall–Kier alpha value is -1.63. The minimum absolute atomic E-state index is 0. The van der Waals surface area contributed by atoms with E-state index in [0.29, 0.717) is 17.9 Å². The maximum atomic E-state index is 12.0. The van der Waals surface area contributed by atoms with Gasteiger partial charge in [-0.15, -0.1) is 24.8 Å². The van der Waals surface area contributed by atoms with Crippen LogP contribution < -0.4 is 10.6 Å². The van der Waals surface area contributed by atoms with Gasteiger partial charge in [-0.3, -0.25) is 9.36 Å². The van der Waals surface area contributed by atoms with E-state index >= 15 is 0 Å². The van der Waals surface area contributed by atoms with Gasteiger partial charge in [0.2, 0.25) is 0 Å². The molecule has 2 aromatic heterocycles. The van der Waals surface area contributed by atoms with Crippen LogP contribution in [0.1, 0.15) is 17.3 Å². The number of halogens is 2. The molecule has 2 N–H and O–H groups in total. The van der Waals surface area contributed by atoms with Crippen LogP contribution in [0.4, 0.5) is 0 Å². The number of hydrogen-bond donors (Lipinski definition) is 2. The Kier molecular flexibility index (Phi) is 8.61. The van der Waals surface area contributed by atoms with E-state index in [1.54, 1.807) is 41.6 Å². The molecule has 6 nitrogen and oxygen atoms in total. The van der Waals surface area contributed by atoms with Gasteiger partial charge in [0.1, 0.15) is 12.1 Å². The summed E-state index contributed by atoms with van der Waals surface area (Å²) in [5.74, 6) is 0.567. The molecule has 0 bridgehead atoms. The van der Waals surface area contributed by atoms with Gasteiger partial charge in [0.25, 0.3) is 5.91 Å². The Balaban J connectivity index is 0.00000200. The van der Waals surface area contributed by atoms with Gasteiger partial charge < -0.3 is 10.6 Å². The molecule has 0 aliphatic heterocycles. The molecule has 1 atom stereocenters. The lowest BCUT2D eigenvalue weighted by atomic mass is 10.2. The number of nitrogens with zero attached hydrogens (tertiary/aromatic N) is 3. The van der Waals surface area contributed by atoms with Crippen LogP contribution in [0.15, 0.2) is 37.1 Å². The Bertz CT molecular complexity index is 547. The van der Waals surface area contributed by atoms with Crippen LogP contribution in [0, 0.1) is 0 Å². The molecule has 0 aliphatic carbocycles. The highest BCUT2D eigenvalue weighted by molar-refractivity contribution is 5.94. The van der Waals surface area contributed by atoms with E-state index in [1.165, 1.54) is 0 Å². The van der Waals surface area contributed by atoms with Crippen molar-refractivity contribution in [2.45, 2.75) is 13.0 Å². The van der Waals surface area contributed by atoms with Gasteiger partial charge in [-0.05, 0) is 26.1 Å². The van der Waals surface area contributed by atoms with Crippen molar-refractivity contribution in [3.05, 3.63) is 42.6 Å². The molecular weight excluding hydrogens is 313 g/mol. The molecule has 0 fully saturated rings. The number of imidazole rings is 1. The van der Waals surface area contributed by atoms with Gasteiger partial charge in [-0.2, -0.15) is 0 Å². The summed E-state index contributed by atoms with van der Waals surface area (Å²) in [4.78, 5) is 20.2. The minimum Gasteiger partial charge on any atom is -0.350 e. The van der Waals surface area contributed by atoms with E-state index in [0.717, 1.165) is 0 Å². The third-order valence-electron chi connectivity index (χ3n) is 2.84. The highest BCUT2D eigenvalue weighted by Gasteiger charge is 2.08. The van der Waals surface area contributed by atoms with Crippen molar-refractivity contribution in [3.63, 3.8) is 0 Å². The van der Waals surface area contributed by atoms with Crippen molar-refractivity contribution in [1.82, 2.24) is 25.2 Å². The molecule has 8 heteroatoms. The van der Waals surface area contributed by atoms with Crippen molar-refractivity contribution >= 4 is 30.7 Å². The van der Waals surface area contributed by atoms with Gasteiger partial charge in [-0.25, -0.2) is 9.97 Å². The fourth-order valence-corrected chi connectivity index (χ4v) is 1.55. The standard InChI is InChI=1S/C13H17N5O.2ClH/c1-10(14-2)8-17-13(19)11-3-4-16-12(7-11)18-6-5-15-9-18;;/h3-7,9-10,14H,8H2,1-2H3,(H,17,19);2*1H. The Labute approximate surface area is 136 Å². The summed E-state index contributed by atoms with van der Waals surface area (Å²) in [6.07, 6.45) is 6.72. The van der Waals surface area contributed by atoms with Gasteiger partial charge in [0.15, 0.2) is 0 Å². The lowest BCUT2D eigenvalue weighted by Crippen LogP contribution is -2.37. The molecule has 0 aliphatic rings. The number of hydrogen-bond acceptors (Lipinski definition) is 4. The summed E-state index contributed by atoms with van der Waals surface area (Å²) < 4.78 is 1.76. The minimum atomic E-state index is -0.106. The molecule has 116 valence electrons. The summed E-state index contributed by atoms with van der Waals surface area (Å²) in [6.45, 7) is 2.59. The van der Waals surface area contributed by atoms with Crippen LogP contribution in [-0.2, 0) is 0 Å². The largest absolute Gasteiger partial charge is 0.350 e. The van der Waals surface area contributed by atoms with Crippen LogP contribution in [-0.4, -0.2) is 40.1 Å². The molecule has 0 radical (unpaired) electrons. The Morgan fingerprint density at radius 2 is 2.14 bits per heavy atom. The fourth-order valence-electron chi connectivity index (χ4n) is 1.55. The predicted molar refractivity (Wildman–Crippen MR) is 86.7 cm³/mol. The molecule has 0 aromatic carbocycles. The average Bonchev–Trinajstić information content (AvgIpc) is 2.98. The Morgan fingerprint density at radius 1 is 1.38 bits per heavy atom. The first-order valence-electron chi connectivity index (χ1n) is 6.10. The maximum absolute atomic E-state index is 12.0. The summed E-state index contributed by atoms with van der Waals surface area (Å²) in [6, 6.07) is 3.67. The van der Waals surface area contributed by atoms with Gasteiger partial charge in [0, 0.05) is 36.7 Å². The van der Waals surface area contributed by atoms with E-state index in [1.807, 2.05) is 14.0 Å². The van der Waals surface area contributed by atoms with Crippen LogP contribution in [0.25, 0.3) is 5.82 Å². The second kappa shape index (κ2) is 9.33. The zero-order chi connectivity index (χ0) is 13.7. The van der Waals surface area contributed by atoms with Crippen LogP contribution >= 0.6 is 24.8 Å². The Morgan fingerprint density at radius 3 is 2.76 bits per heavy atom. The van der Waals surface area contributed by atoms with Crippen LogP contribution in [0.5, 0.6) is 0 Å². The molecule has 0 spiro atoms. The van der Waals surface area contributed by atoms with E-state index in [4.69, 9.17) is 0 Å². The summed E-state index contributed by atoms with van der Waals surface area (Å²) in [5.41, 5.74) is 0.585. The zero-order valence-electron chi connectivity index (χ0n) is 11.8. The lowest BCUT2D eigenvalue weighted by Gasteiger charge is -2.11. The number of carbonyl (C=O) groups excluding carboxylic acids is 1. The molecule has 2 rings (SSSR count). The topological polar surface area (TPSA) is 71.8 Å². The van der Waals surface area contributed by atoms with Gasteiger partial charge in [-0.1, -0.05) is 0 Å². The second-order valence-electron chi connectivity index (χ2n) is 4.27. The van der Waals surface area contributed by atoms with Crippen molar-refractivity contribution in [2.24, 2.45) is 0 Å². The summed E-state index contributed by atoms with van der Waals surface area (Å²) in [5, 5.41) is 5.93. The predicted octanol–water partition coefficient (Wildman–Crippen LogP) is 1.45. The normalized spacial score (nSPS) is 11.0. The summed E-state index contributed by atoms with van der Waals surface area (Å²) >= 11 is 0. The quantitative estimate of drug-likeness (QED) is 0.869. The van der Waals surface area contributed by atoms with Crippen molar-refractivity contribution in [3.8, 4) is 5.82 Å². The number of rotatable bonds is 5. The second-order valence-corrected chi connectivity index (χ2v) is 4.27. The van der Waals surface area contributed by atoms with Crippen molar-refractivity contribution in [1.29, 1.82) is 0 Å². The number of nitrogens with one attached hydrogen (secondary N) is 2. The van der Waals surface area contributed by atoms with E-state index in [2.05, 4.69) is 20.6 Å². The fraction of sp³-hybridized carbons (Fsp3) is 0.308. The van der Waals surface area contributed by atoms with Crippen LogP contribution in [0.3, 0.4) is 0 Å². The first-order valence-corrected chi connectivity index (χ1v) is 6.10. The van der Waals surface area contributed by atoms with Gasteiger partial charge in [0.05, 0.1) is 0 Å². The first kappa shape index (κ1) is 19.4. The smallest absolute Gasteiger partial charge is 0.251 e. The number of amides is 1. The van der Waals surface area contributed by atoms with E-state index in [-0.39, 0.29) is 36.8 Å². The molecule has 21 heavy (non-hydrogen) atoms. The highest BCUT2D eigenvalue weighted by atomic mass is 35.5. The molecule has 1 unspecified atom stereocenters. The monoisotopic (exact) mass is 331 g/mol. The molecule has 2 aromatic rings. The zero-order valence-corrected chi connectivity index (χ0v) is 13.4. The van der Waals surface area contributed by atoms with Crippen LogP contribution in [0.2, 0.25) is 0 Å². The number of carbonyl (C=O) groups is 1. The summed E-state index contributed by atoms with van der Waals surface area (Å²) in [7, 11) is 1.86. The molecule has 0 saturated heterocycles. The average molecular weight is 332 g/mol. The molecule has 1 amide bonds. The number of likely N-dealkylation sites (N-methyl/N-ethyl adjacent to an activating group) is 1. The van der Waals surface area contributed by atoms with E-state index in [9.17, 15) is 4.79 Å². The third kappa shape index (κ3) is 5.34. The van der Waals surface area contributed by atoms with Crippen molar-refractivity contribution in [2.75, 3.05) is 13.6 Å². The van der Waals surface area contributed by atoms with E-state index < -0.39 is 0 Å². The SMILES string of the molecule is CNC(C)CNC(=O)c1ccnc(-n2ccnc2)c1.Cl.Cl. The lowest BCUT2D eigenvalue weighted by molar-refractivity contribution is 0.0950. The highest BCUT2D eigenvalue weighted by Crippen LogP contribution is 2.06. The van der Waals surface area contributed by atoms with Crippen molar-refractivity contribution < 1.29 is 4.79 Å². The van der Waals surface area contributed by atoms with Gasteiger partial charge >= 0.3 is 0 Å². The molecule has 2 heterocycles. The number of aromatic nitrogens is 3. The first-order chi connectivity index (χ1) is 9.20. The number of pyridine rings is 1. The molecule has 0 saturated carbocycles. The maximum Gasteiger partial charge on any atom is 0.251 e. The third-order valence-corrected chi connectivity index (χ3v) is 2.84.